The minimum absolute atomic E-state index is 0.169. The molecule has 1 N–H and O–H groups in total. The van der Waals surface area contributed by atoms with E-state index < -0.39 is 9.84 Å². The third-order valence-corrected chi connectivity index (χ3v) is 5.63. The Morgan fingerprint density at radius 2 is 2.08 bits per heavy atom. The number of hydrogen-bond acceptors (Lipinski definition) is 8. The SMILES string of the molecule is CS(=O)(=O)c1nc2nc(Sc3ccnc(-n4cccn4)c3Cl)cnc2[nH]1. The summed E-state index contributed by atoms with van der Waals surface area (Å²) < 4.78 is 24.7. The monoisotopic (exact) mass is 407 g/mol. The number of nitrogens with one attached hydrogen (secondary N) is 1. The summed E-state index contributed by atoms with van der Waals surface area (Å²) in [5.74, 6) is 0.495. The molecule has 0 bridgehead atoms. The molecule has 4 aromatic heterocycles. The molecular formula is C14H10ClN7O2S2. The Labute approximate surface area is 156 Å². The van der Waals surface area contributed by atoms with Crippen molar-refractivity contribution >= 4 is 44.5 Å². The molecule has 9 nitrogen and oxygen atoms in total. The van der Waals surface area contributed by atoms with Crippen LogP contribution in [0.2, 0.25) is 5.02 Å². The van der Waals surface area contributed by atoms with E-state index in [-0.39, 0.29) is 10.8 Å². The predicted molar refractivity (Wildman–Crippen MR) is 95.3 cm³/mol. The molecule has 4 heterocycles. The molecule has 0 saturated heterocycles. The maximum atomic E-state index is 11.6. The fraction of sp³-hybridized carbons (Fsp3) is 0.0714. The molecular weight excluding hydrogens is 398 g/mol. The summed E-state index contributed by atoms with van der Waals surface area (Å²) in [5, 5.41) is 4.89. The van der Waals surface area contributed by atoms with Crippen molar-refractivity contribution in [1.29, 1.82) is 0 Å². The highest BCUT2D eigenvalue weighted by atomic mass is 35.5. The summed E-state index contributed by atoms with van der Waals surface area (Å²) in [6, 6.07) is 3.52. The quantitative estimate of drug-likeness (QED) is 0.546. The maximum Gasteiger partial charge on any atom is 0.228 e. The molecule has 132 valence electrons. The largest absolute Gasteiger partial charge is 0.312 e. The van der Waals surface area contributed by atoms with Gasteiger partial charge in [0.05, 0.1) is 11.2 Å². The highest BCUT2D eigenvalue weighted by Gasteiger charge is 2.16. The molecule has 12 heteroatoms. The second-order valence-corrected chi connectivity index (χ2v) is 8.57. The molecule has 4 rings (SSSR count). The lowest BCUT2D eigenvalue weighted by Gasteiger charge is -2.07. The van der Waals surface area contributed by atoms with Gasteiger partial charge in [0.25, 0.3) is 0 Å². The number of rotatable bonds is 4. The first-order chi connectivity index (χ1) is 12.4. The molecule has 0 spiro atoms. The molecule has 0 amide bonds. The van der Waals surface area contributed by atoms with Crippen LogP contribution in [0.1, 0.15) is 0 Å². The Morgan fingerprint density at radius 1 is 1.23 bits per heavy atom. The minimum atomic E-state index is -3.47. The summed E-state index contributed by atoms with van der Waals surface area (Å²) in [4.78, 5) is 20.1. The number of H-pyrrole nitrogens is 1. The van der Waals surface area contributed by atoms with Crippen molar-refractivity contribution in [2.75, 3.05) is 6.26 Å². The number of fused-ring (bicyclic) bond motifs is 1. The van der Waals surface area contributed by atoms with Gasteiger partial charge in [0.1, 0.15) is 5.03 Å². The van der Waals surface area contributed by atoms with E-state index in [4.69, 9.17) is 11.6 Å². The van der Waals surface area contributed by atoms with Gasteiger partial charge in [0, 0.05) is 29.7 Å². The topological polar surface area (TPSA) is 119 Å². The molecule has 0 aliphatic carbocycles. The van der Waals surface area contributed by atoms with Crippen LogP contribution < -0.4 is 0 Å². The number of nitrogens with zero attached hydrogens (tertiary/aromatic N) is 6. The van der Waals surface area contributed by atoms with Crippen LogP contribution in [0, 0.1) is 0 Å². The number of halogens is 1. The van der Waals surface area contributed by atoms with Crippen molar-refractivity contribution in [2.45, 2.75) is 15.1 Å². The summed E-state index contributed by atoms with van der Waals surface area (Å²) in [7, 11) is -3.47. The maximum absolute atomic E-state index is 11.6. The van der Waals surface area contributed by atoms with Crippen LogP contribution in [0.3, 0.4) is 0 Å². The van der Waals surface area contributed by atoms with E-state index in [1.807, 2.05) is 0 Å². The summed E-state index contributed by atoms with van der Waals surface area (Å²) in [6.07, 6.45) is 7.57. The Bertz CT molecular complexity index is 1210. The first-order valence-corrected chi connectivity index (χ1v) is 10.3. The average Bonchev–Trinajstić information content (AvgIpc) is 3.25. The van der Waals surface area contributed by atoms with Crippen LogP contribution in [0.4, 0.5) is 0 Å². The molecule has 0 radical (unpaired) electrons. The van der Waals surface area contributed by atoms with E-state index in [9.17, 15) is 8.42 Å². The molecule has 0 unspecified atom stereocenters. The fourth-order valence-electron chi connectivity index (χ4n) is 2.14. The van der Waals surface area contributed by atoms with Crippen LogP contribution in [0.15, 0.2) is 52.0 Å². The van der Waals surface area contributed by atoms with Crippen molar-refractivity contribution in [2.24, 2.45) is 0 Å². The fourth-order valence-corrected chi connectivity index (χ4v) is 3.76. The zero-order chi connectivity index (χ0) is 18.3. The van der Waals surface area contributed by atoms with Gasteiger partial charge >= 0.3 is 0 Å². The smallest absolute Gasteiger partial charge is 0.228 e. The number of sulfone groups is 1. The normalized spacial score (nSPS) is 11.9. The van der Waals surface area contributed by atoms with E-state index in [2.05, 4.69) is 30.0 Å². The molecule has 0 aliphatic heterocycles. The first kappa shape index (κ1) is 16.9. The van der Waals surface area contributed by atoms with E-state index in [0.717, 1.165) is 6.26 Å². The Balaban J connectivity index is 1.70. The number of aromatic nitrogens is 7. The van der Waals surface area contributed by atoms with Crippen molar-refractivity contribution in [3.05, 3.63) is 41.9 Å². The Kier molecular flexibility index (Phi) is 4.13. The van der Waals surface area contributed by atoms with Crippen molar-refractivity contribution in [3.63, 3.8) is 0 Å². The standard InChI is InChI=1S/C14H10ClN7O2S2/c1-26(23,24)14-20-11-12(21-14)19-9(7-17-11)25-8-3-5-16-13(10(8)15)22-6-2-4-18-22/h2-7H,1H3,(H,17,19,20,21). The second-order valence-electron chi connectivity index (χ2n) is 5.19. The van der Waals surface area contributed by atoms with Gasteiger partial charge in [-0.25, -0.2) is 28.1 Å². The van der Waals surface area contributed by atoms with E-state index in [0.29, 0.717) is 26.4 Å². The van der Waals surface area contributed by atoms with E-state index in [1.165, 1.54) is 18.0 Å². The van der Waals surface area contributed by atoms with Crippen LogP contribution in [-0.4, -0.2) is 49.4 Å². The van der Waals surface area contributed by atoms with Crippen LogP contribution in [0.5, 0.6) is 0 Å². The molecule has 0 saturated carbocycles. The highest BCUT2D eigenvalue weighted by molar-refractivity contribution is 7.99. The summed E-state index contributed by atoms with van der Waals surface area (Å²) in [5.41, 5.74) is 0.515. The average molecular weight is 408 g/mol. The minimum Gasteiger partial charge on any atom is -0.312 e. The molecule has 0 aliphatic rings. The van der Waals surface area contributed by atoms with Crippen molar-refractivity contribution in [3.8, 4) is 5.82 Å². The van der Waals surface area contributed by atoms with Crippen LogP contribution >= 0.6 is 23.4 Å². The zero-order valence-corrected chi connectivity index (χ0v) is 15.5. The molecule has 0 atom stereocenters. The van der Waals surface area contributed by atoms with Gasteiger partial charge in [-0.1, -0.05) is 23.4 Å². The highest BCUT2D eigenvalue weighted by Crippen LogP contribution is 2.34. The Morgan fingerprint density at radius 3 is 2.81 bits per heavy atom. The third-order valence-electron chi connectivity index (χ3n) is 3.29. The summed E-state index contributed by atoms with van der Waals surface area (Å²) >= 11 is 7.71. The lowest BCUT2D eigenvalue weighted by atomic mass is 10.4. The van der Waals surface area contributed by atoms with Gasteiger partial charge in [-0.15, -0.1) is 0 Å². The number of aromatic amines is 1. The first-order valence-electron chi connectivity index (χ1n) is 7.17. The number of imidazole rings is 1. The lowest BCUT2D eigenvalue weighted by molar-refractivity contribution is 0.595. The van der Waals surface area contributed by atoms with Crippen molar-refractivity contribution < 1.29 is 8.42 Å². The number of pyridine rings is 1. The van der Waals surface area contributed by atoms with Crippen LogP contribution in [-0.2, 0) is 9.84 Å². The second kappa shape index (κ2) is 6.34. The third kappa shape index (κ3) is 3.16. The molecule has 4 aromatic rings. The molecule has 26 heavy (non-hydrogen) atoms. The zero-order valence-electron chi connectivity index (χ0n) is 13.2. The predicted octanol–water partition coefficient (Wildman–Crippen LogP) is 2.14. The summed E-state index contributed by atoms with van der Waals surface area (Å²) in [6.45, 7) is 0. The molecule has 0 aromatic carbocycles. The lowest BCUT2D eigenvalue weighted by Crippen LogP contribution is -1.99. The van der Waals surface area contributed by atoms with Gasteiger partial charge in [0.2, 0.25) is 15.0 Å². The van der Waals surface area contributed by atoms with Gasteiger partial charge in [-0.3, -0.25) is 0 Å². The van der Waals surface area contributed by atoms with Gasteiger partial charge in [0.15, 0.2) is 17.1 Å². The number of hydrogen-bond donors (Lipinski definition) is 1. The van der Waals surface area contributed by atoms with Gasteiger partial charge < -0.3 is 4.98 Å². The van der Waals surface area contributed by atoms with Crippen molar-refractivity contribution in [1.82, 2.24) is 34.7 Å². The Hall–Kier alpha value is -2.50. The molecule has 0 fully saturated rings. The van der Waals surface area contributed by atoms with Crippen LogP contribution in [0.25, 0.3) is 17.1 Å². The van der Waals surface area contributed by atoms with E-state index in [1.54, 1.807) is 35.4 Å². The van der Waals surface area contributed by atoms with E-state index >= 15 is 0 Å². The van der Waals surface area contributed by atoms with Gasteiger partial charge in [-0.05, 0) is 12.1 Å². The van der Waals surface area contributed by atoms with Gasteiger partial charge in [-0.2, -0.15) is 10.1 Å².